The Morgan fingerprint density at radius 1 is 1.00 bits per heavy atom. The number of para-hydroxylation sites is 1. The average Bonchev–Trinajstić information content (AvgIpc) is 2.61. The van der Waals surface area contributed by atoms with Gasteiger partial charge in [0.2, 0.25) is 11.8 Å². The molecule has 0 unspecified atom stereocenters. The molecule has 25 heavy (non-hydrogen) atoms. The lowest BCUT2D eigenvalue weighted by molar-refractivity contribution is -0.123. The topological polar surface area (TPSA) is 67.9 Å². The van der Waals surface area contributed by atoms with Gasteiger partial charge in [0.1, 0.15) is 18.0 Å². The van der Waals surface area contributed by atoms with Crippen molar-refractivity contribution in [2.75, 3.05) is 31.7 Å². The number of ether oxygens (including phenoxy) is 2. The number of amides is 2. The number of nitrogens with zero attached hydrogens (tertiary/aromatic N) is 1. The minimum absolute atomic E-state index is 0.0437. The molecule has 0 aliphatic carbocycles. The van der Waals surface area contributed by atoms with E-state index in [1.54, 1.807) is 31.4 Å². The molecular weight excluding hydrogens is 320 g/mol. The van der Waals surface area contributed by atoms with Crippen LogP contribution >= 0.6 is 0 Å². The molecule has 0 radical (unpaired) electrons. The van der Waals surface area contributed by atoms with E-state index in [1.807, 2.05) is 30.3 Å². The molecule has 0 saturated heterocycles. The molecule has 1 N–H and O–H groups in total. The largest absolute Gasteiger partial charge is 0.457 e. The summed E-state index contributed by atoms with van der Waals surface area (Å²) < 4.78 is 10.6. The monoisotopic (exact) mass is 342 g/mol. The molecular formula is C19H22N2O4. The van der Waals surface area contributed by atoms with Crippen molar-refractivity contribution in [2.45, 2.75) is 6.92 Å². The fourth-order valence-corrected chi connectivity index (χ4v) is 2.20. The van der Waals surface area contributed by atoms with Crippen LogP contribution in [0.1, 0.15) is 6.92 Å². The van der Waals surface area contributed by atoms with E-state index in [9.17, 15) is 9.59 Å². The summed E-state index contributed by atoms with van der Waals surface area (Å²) in [4.78, 5) is 25.2. The highest BCUT2D eigenvalue weighted by atomic mass is 16.5. The van der Waals surface area contributed by atoms with Gasteiger partial charge in [-0.15, -0.1) is 0 Å². The summed E-state index contributed by atoms with van der Waals surface area (Å²) in [7, 11) is 1.56. The van der Waals surface area contributed by atoms with Crippen molar-refractivity contribution in [2.24, 2.45) is 0 Å². The third-order valence-corrected chi connectivity index (χ3v) is 3.44. The average molecular weight is 342 g/mol. The smallest absolute Gasteiger partial charge is 0.240 e. The van der Waals surface area contributed by atoms with E-state index in [0.29, 0.717) is 24.6 Å². The summed E-state index contributed by atoms with van der Waals surface area (Å²) >= 11 is 0. The van der Waals surface area contributed by atoms with Gasteiger partial charge in [-0.25, -0.2) is 0 Å². The van der Waals surface area contributed by atoms with Crippen LogP contribution < -0.4 is 15.0 Å². The van der Waals surface area contributed by atoms with Crippen LogP contribution in [0.3, 0.4) is 0 Å². The number of hydrogen-bond acceptors (Lipinski definition) is 4. The SMILES string of the molecule is COCCNC(=O)CN(C(C)=O)c1ccc(Oc2ccccc2)cc1. The highest BCUT2D eigenvalue weighted by Gasteiger charge is 2.15. The molecule has 0 saturated carbocycles. The maximum atomic E-state index is 11.9. The van der Waals surface area contributed by atoms with Gasteiger partial charge in [-0.1, -0.05) is 18.2 Å². The molecule has 0 spiro atoms. The molecule has 0 heterocycles. The molecule has 2 aromatic carbocycles. The van der Waals surface area contributed by atoms with E-state index in [0.717, 1.165) is 5.75 Å². The zero-order valence-corrected chi connectivity index (χ0v) is 14.4. The molecule has 0 aromatic heterocycles. The Bertz CT molecular complexity index is 686. The summed E-state index contributed by atoms with van der Waals surface area (Å²) in [5.41, 5.74) is 0.634. The first-order chi connectivity index (χ1) is 12.1. The molecule has 0 atom stereocenters. The van der Waals surface area contributed by atoms with E-state index in [4.69, 9.17) is 9.47 Å². The van der Waals surface area contributed by atoms with Crippen LogP contribution in [-0.2, 0) is 14.3 Å². The van der Waals surface area contributed by atoms with Crippen molar-refractivity contribution < 1.29 is 19.1 Å². The normalized spacial score (nSPS) is 10.2. The van der Waals surface area contributed by atoms with Gasteiger partial charge in [-0.2, -0.15) is 0 Å². The Morgan fingerprint density at radius 2 is 1.64 bits per heavy atom. The molecule has 2 rings (SSSR count). The van der Waals surface area contributed by atoms with E-state index < -0.39 is 0 Å². The molecule has 0 bridgehead atoms. The Hall–Kier alpha value is -2.86. The lowest BCUT2D eigenvalue weighted by Gasteiger charge is -2.21. The second kappa shape index (κ2) is 9.44. The third kappa shape index (κ3) is 5.93. The number of anilines is 1. The maximum absolute atomic E-state index is 11.9. The zero-order chi connectivity index (χ0) is 18.1. The van der Waals surface area contributed by atoms with Gasteiger partial charge in [0.05, 0.1) is 6.61 Å². The van der Waals surface area contributed by atoms with E-state index in [2.05, 4.69) is 5.32 Å². The number of methoxy groups -OCH3 is 1. The van der Waals surface area contributed by atoms with Crippen LogP contribution in [0, 0.1) is 0 Å². The van der Waals surface area contributed by atoms with Gasteiger partial charge >= 0.3 is 0 Å². The number of nitrogens with one attached hydrogen (secondary N) is 1. The lowest BCUT2D eigenvalue weighted by atomic mass is 10.2. The number of carbonyl (C=O) groups is 2. The third-order valence-electron chi connectivity index (χ3n) is 3.44. The summed E-state index contributed by atoms with van der Waals surface area (Å²) in [6.07, 6.45) is 0. The first kappa shape index (κ1) is 18.5. The van der Waals surface area contributed by atoms with Crippen LogP contribution in [0.15, 0.2) is 54.6 Å². The quantitative estimate of drug-likeness (QED) is 0.749. The van der Waals surface area contributed by atoms with Gasteiger partial charge in [0.15, 0.2) is 0 Å². The van der Waals surface area contributed by atoms with Crippen molar-refractivity contribution in [3.8, 4) is 11.5 Å². The number of hydrogen-bond donors (Lipinski definition) is 1. The number of carbonyl (C=O) groups excluding carboxylic acids is 2. The van der Waals surface area contributed by atoms with Crippen molar-refractivity contribution in [3.63, 3.8) is 0 Å². The zero-order valence-electron chi connectivity index (χ0n) is 14.4. The second-order valence-corrected chi connectivity index (χ2v) is 5.36. The van der Waals surface area contributed by atoms with E-state index >= 15 is 0 Å². The Labute approximate surface area is 147 Å². The molecule has 0 aliphatic heterocycles. The summed E-state index contributed by atoms with van der Waals surface area (Å²) in [6, 6.07) is 16.5. The molecule has 6 nitrogen and oxygen atoms in total. The second-order valence-electron chi connectivity index (χ2n) is 5.36. The highest BCUT2D eigenvalue weighted by molar-refractivity contribution is 5.97. The highest BCUT2D eigenvalue weighted by Crippen LogP contribution is 2.24. The number of rotatable bonds is 8. The standard InChI is InChI=1S/C19H22N2O4/c1-15(22)21(14-19(23)20-12-13-24-2)16-8-10-18(11-9-16)25-17-6-4-3-5-7-17/h3-11H,12-14H2,1-2H3,(H,20,23). The lowest BCUT2D eigenvalue weighted by Crippen LogP contribution is -2.40. The van der Waals surface area contributed by atoms with Crippen LogP contribution in [0.25, 0.3) is 0 Å². The van der Waals surface area contributed by atoms with Crippen molar-refractivity contribution in [1.29, 1.82) is 0 Å². The molecule has 2 amide bonds. The van der Waals surface area contributed by atoms with Crippen molar-refractivity contribution in [3.05, 3.63) is 54.6 Å². The van der Waals surface area contributed by atoms with Gasteiger partial charge < -0.3 is 19.7 Å². The first-order valence-electron chi connectivity index (χ1n) is 7.97. The molecule has 0 aliphatic rings. The molecule has 6 heteroatoms. The van der Waals surface area contributed by atoms with Crippen LogP contribution in [0.5, 0.6) is 11.5 Å². The summed E-state index contributed by atoms with van der Waals surface area (Å²) in [6.45, 7) is 2.22. The minimum atomic E-state index is -0.239. The Morgan fingerprint density at radius 3 is 2.24 bits per heavy atom. The molecule has 0 fully saturated rings. The predicted octanol–water partition coefficient (Wildman–Crippen LogP) is 2.59. The predicted molar refractivity (Wildman–Crippen MR) is 95.9 cm³/mol. The van der Waals surface area contributed by atoms with E-state index in [1.165, 1.54) is 11.8 Å². The minimum Gasteiger partial charge on any atom is -0.457 e. The van der Waals surface area contributed by atoms with Crippen molar-refractivity contribution in [1.82, 2.24) is 5.32 Å². The first-order valence-corrected chi connectivity index (χ1v) is 7.97. The molecule has 132 valence electrons. The fraction of sp³-hybridized carbons (Fsp3) is 0.263. The van der Waals surface area contributed by atoms with Crippen molar-refractivity contribution >= 4 is 17.5 Å². The molecule has 2 aromatic rings. The number of benzene rings is 2. The van der Waals surface area contributed by atoms with Gasteiger partial charge in [-0.05, 0) is 36.4 Å². The van der Waals surface area contributed by atoms with Crippen LogP contribution in [0.2, 0.25) is 0 Å². The summed E-state index contributed by atoms with van der Waals surface area (Å²) in [5, 5.41) is 2.70. The van der Waals surface area contributed by atoms with Gasteiger partial charge in [0.25, 0.3) is 0 Å². The Kier molecular flexibility index (Phi) is 6.98. The van der Waals surface area contributed by atoms with Gasteiger partial charge in [-0.3, -0.25) is 9.59 Å². The van der Waals surface area contributed by atoms with E-state index in [-0.39, 0.29) is 18.4 Å². The maximum Gasteiger partial charge on any atom is 0.240 e. The fourth-order valence-electron chi connectivity index (χ4n) is 2.20. The Balaban J connectivity index is 2.01. The van der Waals surface area contributed by atoms with Gasteiger partial charge in [0, 0.05) is 26.3 Å². The summed E-state index contributed by atoms with van der Waals surface area (Å²) in [5.74, 6) is 0.940. The van der Waals surface area contributed by atoms with Crippen LogP contribution in [0.4, 0.5) is 5.69 Å². The van der Waals surface area contributed by atoms with Crippen LogP contribution in [-0.4, -0.2) is 38.6 Å².